The molecule has 268 valence electrons. The van der Waals surface area contributed by atoms with E-state index in [1.165, 1.54) is 27.8 Å². The summed E-state index contributed by atoms with van der Waals surface area (Å²) in [5.74, 6) is 0.543. The third-order valence-corrected chi connectivity index (χ3v) is 10.9. The van der Waals surface area contributed by atoms with Crippen molar-refractivity contribution < 1.29 is 8.83 Å². The predicted molar refractivity (Wildman–Crippen MR) is 235 cm³/mol. The molecular weight excluding hydrogens is 697 g/mol. The van der Waals surface area contributed by atoms with Crippen molar-refractivity contribution in [2.24, 2.45) is 0 Å². The number of aromatic nitrogens is 1. The molecule has 0 atom stereocenters. The Morgan fingerprint density at radius 2 is 0.877 bits per heavy atom. The first-order chi connectivity index (χ1) is 28.2. The van der Waals surface area contributed by atoms with Gasteiger partial charge < -0.3 is 13.7 Å². The number of benzene rings is 9. The van der Waals surface area contributed by atoms with Crippen molar-refractivity contribution in [2.45, 2.75) is 0 Å². The van der Waals surface area contributed by atoms with Crippen LogP contribution in [0.3, 0.4) is 0 Å². The van der Waals surface area contributed by atoms with Crippen LogP contribution in [0, 0.1) is 0 Å². The summed E-state index contributed by atoms with van der Waals surface area (Å²) in [6.45, 7) is 0. The minimum absolute atomic E-state index is 0.543. The van der Waals surface area contributed by atoms with Crippen LogP contribution in [0.1, 0.15) is 0 Å². The number of para-hydroxylation sites is 2. The maximum absolute atomic E-state index is 6.74. The van der Waals surface area contributed by atoms with Gasteiger partial charge in [0, 0.05) is 27.8 Å². The SMILES string of the molecule is c1ccc(-c2ccc(-c3ccc(N(c4ccc(-c5ccccc5)cc4)c4ccc5oc6c(-c7nc8ccccc8o7)cc7ccccc7c6c5c4)cc3)cc2)cc1. The summed E-state index contributed by atoms with van der Waals surface area (Å²) in [4.78, 5) is 7.20. The molecule has 0 saturated heterocycles. The summed E-state index contributed by atoms with van der Waals surface area (Å²) in [5, 5.41) is 4.27. The van der Waals surface area contributed by atoms with Gasteiger partial charge in [-0.3, -0.25) is 0 Å². The van der Waals surface area contributed by atoms with Gasteiger partial charge in [0.2, 0.25) is 5.89 Å². The molecule has 0 radical (unpaired) electrons. The minimum Gasteiger partial charge on any atom is -0.455 e. The van der Waals surface area contributed by atoms with Crippen LogP contribution in [0.4, 0.5) is 17.1 Å². The van der Waals surface area contributed by atoms with E-state index in [-0.39, 0.29) is 0 Å². The zero-order valence-corrected chi connectivity index (χ0v) is 30.8. The predicted octanol–water partition coefficient (Wildman–Crippen LogP) is 15.0. The molecule has 0 N–H and O–H groups in total. The Hall–Kier alpha value is -7.69. The van der Waals surface area contributed by atoms with Crippen molar-refractivity contribution in [1.29, 1.82) is 0 Å². The maximum Gasteiger partial charge on any atom is 0.231 e. The highest BCUT2D eigenvalue weighted by Gasteiger charge is 2.22. The zero-order chi connectivity index (χ0) is 37.7. The number of anilines is 3. The lowest BCUT2D eigenvalue weighted by molar-refractivity contribution is 0.615. The summed E-state index contributed by atoms with van der Waals surface area (Å²) in [5.41, 5.74) is 14.2. The lowest BCUT2D eigenvalue weighted by Crippen LogP contribution is -2.09. The van der Waals surface area contributed by atoms with Crippen molar-refractivity contribution in [2.75, 3.05) is 4.90 Å². The first-order valence-electron chi connectivity index (χ1n) is 19.2. The molecule has 0 bridgehead atoms. The van der Waals surface area contributed by atoms with Crippen LogP contribution in [0.2, 0.25) is 0 Å². The van der Waals surface area contributed by atoms with Gasteiger partial charge in [-0.05, 0) is 105 Å². The number of oxazole rings is 1. The van der Waals surface area contributed by atoms with Gasteiger partial charge in [0.15, 0.2) is 5.58 Å². The Morgan fingerprint density at radius 1 is 0.368 bits per heavy atom. The second-order valence-corrected chi connectivity index (χ2v) is 14.4. The first-order valence-corrected chi connectivity index (χ1v) is 19.2. The number of rotatable bonds is 7. The normalized spacial score (nSPS) is 11.5. The molecule has 11 aromatic rings. The lowest BCUT2D eigenvalue weighted by Gasteiger charge is -2.26. The van der Waals surface area contributed by atoms with Gasteiger partial charge in [-0.2, -0.15) is 0 Å². The van der Waals surface area contributed by atoms with Gasteiger partial charge in [0.1, 0.15) is 16.7 Å². The third-order valence-electron chi connectivity index (χ3n) is 10.9. The molecule has 2 aromatic heterocycles. The Morgan fingerprint density at radius 3 is 1.49 bits per heavy atom. The molecule has 0 saturated carbocycles. The molecule has 0 aliphatic heterocycles. The molecule has 0 aliphatic rings. The molecule has 4 nitrogen and oxygen atoms in total. The second kappa shape index (κ2) is 13.6. The van der Waals surface area contributed by atoms with E-state index in [9.17, 15) is 0 Å². The quantitative estimate of drug-likeness (QED) is 0.164. The number of fused-ring (bicyclic) bond motifs is 6. The minimum atomic E-state index is 0.543. The molecule has 57 heavy (non-hydrogen) atoms. The fourth-order valence-corrected chi connectivity index (χ4v) is 8.07. The van der Waals surface area contributed by atoms with Gasteiger partial charge in [-0.1, -0.05) is 146 Å². The van der Waals surface area contributed by atoms with E-state index in [1.807, 2.05) is 24.3 Å². The van der Waals surface area contributed by atoms with E-state index in [4.69, 9.17) is 13.8 Å². The summed E-state index contributed by atoms with van der Waals surface area (Å²) in [6, 6.07) is 72.4. The number of hydrogen-bond acceptors (Lipinski definition) is 4. The zero-order valence-electron chi connectivity index (χ0n) is 30.8. The Labute approximate surface area is 329 Å². The molecule has 0 amide bonds. The van der Waals surface area contributed by atoms with E-state index >= 15 is 0 Å². The van der Waals surface area contributed by atoms with Crippen LogP contribution >= 0.6 is 0 Å². The lowest BCUT2D eigenvalue weighted by atomic mass is 9.99. The van der Waals surface area contributed by atoms with E-state index in [0.717, 1.165) is 72.0 Å². The molecule has 11 rings (SSSR count). The fourth-order valence-electron chi connectivity index (χ4n) is 8.07. The van der Waals surface area contributed by atoms with Gasteiger partial charge >= 0.3 is 0 Å². The summed E-state index contributed by atoms with van der Waals surface area (Å²) in [7, 11) is 0. The standard InChI is InChI=1S/C53H34N2O2/c1-3-11-35(12-4-1)37-19-21-38(22-20-37)40-25-29-43(30-26-40)55(42-27-23-39(24-28-42)36-13-5-2-6-14-36)44-31-32-49-46(34-44)51-45-16-8-7-15-41(45)33-47(52(51)56-49)53-54-48-17-9-10-18-50(48)57-53/h1-34H. The van der Waals surface area contributed by atoms with Crippen molar-refractivity contribution in [1.82, 2.24) is 4.98 Å². The van der Waals surface area contributed by atoms with E-state index in [1.54, 1.807) is 0 Å². The van der Waals surface area contributed by atoms with E-state index in [2.05, 4.69) is 187 Å². The second-order valence-electron chi connectivity index (χ2n) is 14.4. The van der Waals surface area contributed by atoms with Gasteiger partial charge in [0.25, 0.3) is 0 Å². The van der Waals surface area contributed by atoms with E-state index in [0.29, 0.717) is 5.89 Å². The van der Waals surface area contributed by atoms with Crippen LogP contribution in [-0.2, 0) is 0 Å². The van der Waals surface area contributed by atoms with Crippen molar-refractivity contribution in [3.05, 3.63) is 206 Å². The van der Waals surface area contributed by atoms with Crippen LogP contribution < -0.4 is 4.90 Å². The number of hydrogen-bond donors (Lipinski definition) is 0. The molecule has 0 spiro atoms. The maximum atomic E-state index is 6.74. The highest BCUT2D eigenvalue weighted by atomic mass is 16.4. The smallest absolute Gasteiger partial charge is 0.231 e. The summed E-state index contributed by atoms with van der Waals surface area (Å²) < 4.78 is 13.1. The van der Waals surface area contributed by atoms with Crippen LogP contribution in [0.15, 0.2) is 215 Å². The fraction of sp³-hybridized carbons (Fsp3) is 0. The Kier molecular flexibility index (Phi) is 7.78. The Bertz CT molecular complexity index is 3170. The Balaban J connectivity index is 1.05. The first kappa shape index (κ1) is 32.7. The van der Waals surface area contributed by atoms with Crippen molar-refractivity contribution in [3.63, 3.8) is 0 Å². The molecule has 9 aromatic carbocycles. The molecule has 2 heterocycles. The number of nitrogens with zero attached hydrogens (tertiary/aromatic N) is 2. The summed E-state index contributed by atoms with van der Waals surface area (Å²) >= 11 is 0. The largest absolute Gasteiger partial charge is 0.455 e. The van der Waals surface area contributed by atoms with Gasteiger partial charge in [-0.25, -0.2) is 4.98 Å². The van der Waals surface area contributed by atoms with Crippen LogP contribution in [-0.4, -0.2) is 4.98 Å². The monoisotopic (exact) mass is 730 g/mol. The highest BCUT2D eigenvalue weighted by molar-refractivity contribution is 6.22. The summed E-state index contributed by atoms with van der Waals surface area (Å²) in [6.07, 6.45) is 0. The third kappa shape index (κ3) is 5.83. The van der Waals surface area contributed by atoms with Crippen molar-refractivity contribution >= 4 is 60.9 Å². The van der Waals surface area contributed by atoms with Crippen LogP contribution in [0.25, 0.3) is 88.6 Å². The van der Waals surface area contributed by atoms with Crippen molar-refractivity contribution in [3.8, 4) is 44.8 Å². The van der Waals surface area contributed by atoms with Crippen LogP contribution in [0.5, 0.6) is 0 Å². The average Bonchev–Trinajstić information content (AvgIpc) is 3.90. The molecule has 0 unspecified atom stereocenters. The molecule has 0 fully saturated rings. The number of furan rings is 1. The topological polar surface area (TPSA) is 42.4 Å². The van der Waals surface area contributed by atoms with E-state index < -0.39 is 0 Å². The molecular formula is C53H34N2O2. The van der Waals surface area contributed by atoms with Gasteiger partial charge in [0.05, 0.1) is 5.56 Å². The van der Waals surface area contributed by atoms with Gasteiger partial charge in [-0.15, -0.1) is 0 Å². The molecule has 0 aliphatic carbocycles. The highest BCUT2D eigenvalue weighted by Crippen LogP contribution is 2.44. The molecule has 4 heteroatoms. The average molecular weight is 731 g/mol.